The predicted molar refractivity (Wildman–Crippen MR) is 79.4 cm³/mol. The molecule has 6 heteroatoms. The summed E-state index contributed by atoms with van der Waals surface area (Å²) in [6.07, 6.45) is 2.16. The zero-order valence-electron chi connectivity index (χ0n) is 10.7. The predicted octanol–water partition coefficient (Wildman–Crippen LogP) is 4.26. The van der Waals surface area contributed by atoms with Crippen molar-refractivity contribution in [2.24, 2.45) is 0 Å². The van der Waals surface area contributed by atoms with Gasteiger partial charge < -0.3 is 0 Å². The molecule has 1 fully saturated rings. The fourth-order valence-electron chi connectivity index (χ4n) is 2.01. The lowest BCUT2D eigenvalue weighted by Gasteiger charge is -2.09. The topological polar surface area (TPSA) is 30.7 Å². The lowest BCUT2D eigenvalue weighted by atomic mass is 10.2. The molecule has 3 rings (SSSR count). The van der Waals surface area contributed by atoms with Crippen molar-refractivity contribution in [3.05, 3.63) is 41.7 Å². The van der Waals surface area contributed by atoms with Gasteiger partial charge in [-0.2, -0.15) is 0 Å². The third kappa shape index (κ3) is 2.74. The smallest absolute Gasteiger partial charge is 0.192 e. The molecule has 0 saturated heterocycles. The van der Waals surface area contributed by atoms with Gasteiger partial charge in [0, 0.05) is 16.8 Å². The van der Waals surface area contributed by atoms with E-state index in [1.165, 1.54) is 17.8 Å². The first-order chi connectivity index (χ1) is 9.66. The Morgan fingerprint density at radius 3 is 2.80 bits per heavy atom. The van der Waals surface area contributed by atoms with Crippen molar-refractivity contribution < 1.29 is 4.39 Å². The minimum atomic E-state index is -0.278. The number of halogens is 2. The Labute approximate surface area is 125 Å². The van der Waals surface area contributed by atoms with E-state index in [-0.39, 0.29) is 5.82 Å². The SMILES string of the molecule is C=C(Cl)CSc1nnc(-c2ccccc2F)n1C1CC1. The fraction of sp³-hybridized carbons (Fsp3) is 0.286. The van der Waals surface area contributed by atoms with Gasteiger partial charge in [-0.15, -0.1) is 10.2 Å². The highest BCUT2D eigenvalue weighted by molar-refractivity contribution is 7.99. The van der Waals surface area contributed by atoms with Gasteiger partial charge in [-0.05, 0) is 25.0 Å². The van der Waals surface area contributed by atoms with E-state index < -0.39 is 0 Å². The van der Waals surface area contributed by atoms with E-state index in [4.69, 9.17) is 11.6 Å². The summed E-state index contributed by atoms with van der Waals surface area (Å²) in [5.41, 5.74) is 0.489. The van der Waals surface area contributed by atoms with Crippen LogP contribution in [0.1, 0.15) is 18.9 Å². The monoisotopic (exact) mass is 309 g/mol. The maximum absolute atomic E-state index is 13.9. The molecule has 0 spiro atoms. The average Bonchev–Trinajstić information content (AvgIpc) is 3.17. The molecule has 2 aromatic rings. The van der Waals surface area contributed by atoms with Crippen LogP contribution in [0.4, 0.5) is 4.39 Å². The normalized spacial score (nSPS) is 14.5. The van der Waals surface area contributed by atoms with Crippen LogP contribution in [0, 0.1) is 5.82 Å². The Morgan fingerprint density at radius 1 is 1.40 bits per heavy atom. The third-order valence-electron chi connectivity index (χ3n) is 3.05. The molecule has 0 N–H and O–H groups in total. The molecule has 0 aliphatic heterocycles. The standard InChI is InChI=1S/C14H13ClFN3S/c1-9(15)8-20-14-18-17-13(19(14)10-6-7-10)11-4-2-3-5-12(11)16/h2-5,10H,1,6-8H2. The van der Waals surface area contributed by atoms with Gasteiger partial charge in [0.15, 0.2) is 11.0 Å². The van der Waals surface area contributed by atoms with Gasteiger partial charge in [0.05, 0.1) is 5.56 Å². The molecule has 1 aliphatic carbocycles. The highest BCUT2D eigenvalue weighted by Gasteiger charge is 2.30. The van der Waals surface area contributed by atoms with E-state index in [0.717, 1.165) is 18.0 Å². The van der Waals surface area contributed by atoms with E-state index in [0.29, 0.717) is 28.2 Å². The number of hydrogen-bond acceptors (Lipinski definition) is 3. The molecule has 0 unspecified atom stereocenters. The molecule has 0 amide bonds. The average molecular weight is 310 g/mol. The van der Waals surface area contributed by atoms with Gasteiger partial charge in [0.2, 0.25) is 0 Å². The van der Waals surface area contributed by atoms with Crippen molar-refractivity contribution in [2.75, 3.05) is 5.75 Å². The third-order valence-corrected chi connectivity index (χ3v) is 4.37. The van der Waals surface area contributed by atoms with Crippen molar-refractivity contribution in [1.29, 1.82) is 0 Å². The number of thioether (sulfide) groups is 1. The summed E-state index contributed by atoms with van der Waals surface area (Å²) in [4.78, 5) is 0. The second-order valence-corrected chi connectivity index (χ2v) is 6.17. The van der Waals surface area contributed by atoms with Crippen LogP contribution in [-0.2, 0) is 0 Å². The van der Waals surface area contributed by atoms with Crippen LogP contribution in [0.2, 0.25) is 0 Å². The number of aromatic nitrogens is 3. The summed E-state index contributed by atoms with van der Waals surface area (Å²) in [5.74, 6) is 0.886. The maximum Gasteiger partial charge on any atom is 0.192 e. The number of hydrogen-bond donors (Lipinski definition) is 0. The lowest BCUT2D eigenvalue weighted by Crippen LogP contribution is -2.01. The van der Waals surface area contributed by atoms with E-state index in [2.05, 4.69) is 16.8 Å². The molecule has 0 atom stereocenters. The summed E-state index contributed by atoms with van der Waals surface area (Å²) < 4.78 is 16.0. The Hall–Kier alpha value is -1.33. The minimum absolute atomic E-state index is 0.278. The van der Waals surface area contributed by atoms with Gasteiger partial charge in [0.25, 0.3) is 0 Å². The Morgan fingerprint density at radius 2 is 2.15 bits per heavy atom. The molecule has 0 bridgehead atoms. The van der Waals surface area contributed by atoms with Crippen molar-refractivity contribution in [3.8, 4) is 11.4 Å². The summed E-state index contributed by atoms with van der Waals surface area (Å²) >= 11 is 7.27. The number of rotatable bonds is 5. The first-order valence-electron chi connectivity index (χ1n) is 6.32. The summed E-state index contributed by atoms with van der Waals surface area (Å²) in [7, 11) is 0. The zero-order chi connectivity index (χ0) is 14.1. The van der Waals surface area contributed by atoms with Crippen LogP contribution in [0.5, 0.6) is 0 Å². The molecular weight excluding hydrogens is 297 g/mol. The molecule has 0 radical (unpaired) electrons. The summed E-state index contributed by atoms with van der Waals surface area (Å²) in [6.45, 7) is 3.67. The molecule has 104 valence electrons. The van der Waals surface area contributed by atoms with Gasteiger partial charge in [0.1, 0.15) is 5.82 Å². The first kappa shape index (κ1) is 13.6. The Bertz CT molecular complexity index is 652. The van der Waals surface area contributed by atoms with Crippen molar-refractivity contribution >= 4 is 23.4 Å². The number of benzene rings is 1. The fourth-order valence-corrected chi connectivity index (χ4v) is 2.93. The second-order valence-electron chi connectivity index (χ2n) is 4.69. The largest absolute Gasteiger partial charge is 0.299 e. The second kappa shape index (κ2) is 5.58. The highest BCUT2D eigenvalue weighted by atomic mass is 35.5. The van der Waals surface area contributed by atoms with Crippen LogP contribution < -0.4 is 0 Å². The van der Waals surface area contributed by atoms with Crippen LogP contribution in [0.15, 0.2) is 41.0 Å². The Kier molecular flexibility index (Phi) is 3.81. The highest BCUT2D eigenvalue weighted by Crippen LogP contribution is 2.41. The first-order valence-corrected chi connectivity index (χ1v) is 7.69. The van der Waals surface area contributed by atoms with E-state index in [1.54, 1.807) is 18.2 Å². The van der Waals surface area contributed by atoms with Crippen LogP contribution >= 0.6 is 23.4 Å². The zero-order valence-corrected chi connectivity index (χ0v) is 12.3. The van der Waals surface area contributed by atoms with Crippen molar-refractivity contribution in [2.45, 2.75) is 24.0 Å². The molecule has 1 aromatic heterocycles. The van der Waals surface area contributed by atoms with E-state index in [9.17, 15) is 4.39 Å². The van der Waals surface area contributed by atoms with Crippen LogP contribution in [-0.4, -0.2) is 20.5 Å². The molecule has 1 heterocycles. The summed E-state index contributed by atoms with van der Waals surface area (Å²) in [6, 6.07) is 7.01. The van der Waals surface area contributed by atoms with Crippen molar-refractivity contribution in [3.63, 3.8) is 0 Å². The van der Waals surface area contributed by atoms with Gasteiger partial charge >= 0.3 is 0 Å². The van der Waals surface area contributed by atoms with Crippen LogP contribution in [0.3, 0.4) is 0 Å². The number of nitrogens with zero attached hydrogens (tertiary/aromatic N) is 3. The maximum atomic E-state index is 13.9. The molecule has 1 saturated carbocycles. The van der Waals surface area contributed by atoms with Gasteiger partial charge in [-0.1, -0.05) is 42.1 Å². The minimum Gasteiger partial charge on any atom is -0.299 e. The van der Waals surface area contributed by atoms with Gasteiger partial charge in [-0.25, -0.2) is 4.39 Å². The van der Waals surface area contributed by atoms with Crippen LogP contribution in [0.25, 0.3) is 11.4 Å². The lowest BCUT2D eigenvalue weighted by molar-refractivity contribution is 0.622. The molecular formula is C14H13ClFN3S. The molecule has 1 aliphatic rings. The van der Waals surface area contributed by atoms with Crippen molar-refractivity contribution in [1.82, 2.24) is 14.8 Å². The molecule has 1 aromatic carbocycles. The molecule has 3 nitrogen and oxygen atoms in total. The Balaban J connectivity index is 1.99. The molecule has 20 heavy (non-hydrogen) atoms. The van der Waals surface area contributed by atoms with Gasteiger partial charge in [-0.3, -0.25) is 4.57 Å². The quantitative estimate of drug-likeness (QED) is 0.773. The van der Waals surface area contributed by atoms with E-state index in [1.807, 2.05) is 4.57 Å². The van der Waals surface area contributed by atoms with E-state index >= 15 is 0 Å². The summed E-state index contributed by atoms with van der Waals surface area (Å²) in [5, 5.41) is 9.68.